The minimum atomic E-state index is 0.0333. The second kappa shape index (κ2) is 5.10. The number of aromatic nitrogens is 1. The van der Waals surface area contributed by atoms with E-state index in [1.54, 1.807) is 24.4 Å². The molecule has 0 unspecified atom stereocenters. The summed E-state index contributed by atoms with van der Waals surface area (Å²) in [5, 5.41) is 0. The van der Waals surface area contributed by atoms with Crippen LogP contribution >= 0.6 is 15.9 Å². The minimum Gasteiger partial charge on any atom is -0.383 e. The average molecular weight is 291 g/mol. The molecule has 0 aliphatic heterocycles. The fraction of sp³-hybridized carbons (Fsp3) is 0.0769. The van der Waals surface area contributed by atoms with E-state index in [9.17, 15) is 4.79 Å². The van der Waals surface area contributed by atoms with E-state index in [0.717, 1.165) is 10.0 Å². The van der Waals surface area contributed by atoms with Crippen LogP contribution in [0.1, 0.15) is 15.9 Å². The zero-order chi connectivity index (χ0) is 12.3. The van der Waals surface area contributed by atoms with Crippen molar-refractivity contribution in [3.63, 3.8) is 0 Å². The summed E-state index contributed by atoms with van der Waals surface area (Å²) in [6.45, 7) is 0. The molecule has 0 saturated heterocycles. The molecular weight excluding hydrogens is 280 g/mol. The third-order valence-corrected chi connectivity index (χ3v) is 2.92. The minimum absolute atomic E-state index is 0.0333. The number of halogens is 1. The predicted octanol–water partition coefficient (Wildman–Crippen LogP) is 2.85. The van der Waals surface area contributed by atoms with Gasteiger partial charge in [-0.15, -0.1) is 0 Å². The monoisotopic (exact) mass is 290 g/mol. The second-order valence-electron chi connectivity index (χ2n) is 3.66. The number of nitrogens with two attached hydrogens (primary N) is 1. The van der Waals surface area contributed by atoms with E-state index in [4.69, 9.17) is 5.73 Å². The first-order valence-corrected chi connectivity index (χ1v) is 5.94. The average Bonchev–Trinajstić information content (AvgIpc) is 2.32. The Balaban J connectivity index is 2.20. The summed E-state index contributed by atoms with van der Waals surface area (Å²) in [6, 6.07) is 10.9. The molecule has 2 rings (SSSR count). The molecule has 0 atom stereocenters. The van der Waals surface area contributed by atoms with Crippen LogP contribution in [0.2, 0.25) is 0 Å². The van der Waals surface area contributed by atoms with E-state index < -0.39 is 0 Å². The first-order valence-electron chi connectivity index (χ1n) is 5.15. The fourth-order valence-electron chi connectivity index (χ4n) is 1.54. The third-order valence-electron chi connectivity index (χ3n) is 2.42. The molecule has 0 fully saturated rings. The van der Waals surface area contributed by atoms with E-state index in [0.29, 0.717) is 11.4 Å². The summed E-state index contributed by atoms with van der Waals surface area (Å²) in [5.41, 5.74) is 7.13. The molecule has 1 aromatic heterocycles. The number of hydrogen-bond donors (Lipinski definition) is 1. The van der Waals surface area contributed by atoms with Crippen LogP contribution < -0.4 is 5.73 Å². The smallest absolute Gasteiger partial charge is 0.167 e. The lowest BCUT2D eigenvalue weighted by Crippen LogP contribution is -2.06. The lowest BCUT2D eigenvalue weighted by atomic mass is 10.0. The number of Topliss-reactive ketones (excluding diaryl/α,β-unsaturated/α-hetero) is 1. The molecule has 0 bridgehead atoms. The Morgan fingerprint density at radius 3 is 2.82 bits per heavy atom. The van der Waals surface area contributed by atoms with Crippen molar-refractivity contribution in [1.29, 1.82) is 0 Å². The second-order valence-corrected chi connectivity index (χ2v) is 4.57. The maximum absolute atomic E-state index is 12.0. The van der Waals surface area contributed by atoms with Crippen molar-refractivity contribution in [3.05, 3.63) is 58.2 Å². The summed E-state index contributed by atoms with van der Waals surface area (Å²) < 4.78 is 0.891. The van der Waals surface area contributed by atoms with Crippen molar-refractivity contribution in [2.75, 3.05) is 5.73 Å². The highest BCUT2D eigenvalue weighted by Crippen LogP contribution is 2.15. The molecular formula is C13H11BrN2O. The Bertz CT molecular complexity index is 555. The lowest BCUT2D eigenvalue weighted by molar-refractivity contribution is 0.0993. The van der Waals surface area contributed by atoms with Crippen LogP contribution in [0.25, 0.3) is 0 Å². The predicted molar refractivity (Wildman–Crippen MR) is 70.8 cm³/mol. The molecule has 17 heavy (non-hydrogen) atoms. The van der Waals surface area contributed by atoms with Crippen molar-refractivity contribution >= 4 is 27.5 Å². The van der Waals surface area contributed by atoms with Gasteiger partial charge in [0, 0.05) is 28.2 Å². The van der Waals surface area contributed by atoms with Gasteiger partial charge < -0.3 is 5.73 Å². The molecule has 1 aromatic carbocycles. The number of benzene rings is 1. The Morgan fingerprint density at radius 1 is 1.29 bits per heavy atom. The van der Waals surface area contributed by atoms with E-state index in [-0.39, 0.29) is 12.2 Å². The van der Waals surface area contributed by atoms with Crippen molar-refractivity contribution in [1.82, 2.24) is 4.98 Å². The van der Waals surface area contributed by atoms with Gasteiger partial charge in [-0.2, -0.15) is 0 Å². The van der Waals surface area contributed by atoms with Gasteiger partial charge in [-0.1, -0.05) is 34.1 Å². The summed E-state index contributed by atoms with van der Waals surface area (Å²) in [7, 11) is 0. The van der Waals surface area contributed by atoms with Gasteiger partial charge in [-0.3, -0.25) is 4.79 Å². The van der Waals surface area contributed by atoms with Crippen LogP contribution in [0.4, 0.5) is 5.82 Å². The first kappa shape index (κ1) is 11.8. The number of nitrogens with zero attached hydrogens (tertiary/aromatic N) is 1. The van der Waals surface area contributed by atoms with Gasteiger partial charge in [0.25, 0.3) is 0 Å². The summed E-state index contributed by atoms with van der Waals surface area (Å²) in [6.07, 6.45) is 1.89. The molecule has 86 valence electrons. The fourth-order valence-corrected chi connectivity index (χ4v) is 1.94. The molecule has 2 N–H and O–H groups in total. The zero-order valence-corrected chi connectivity index (χ0v) is 10.6. The molecule has 0 aliphatic carbocycles. The maximum Gasteiger partial charge on any atom is 0.167 e. The molecule has 0 radical (unpaired) electrons. The first-order chi connectivity index (χ1) is 8.16. The van der Waals surface area contributed by atoms with Crippen LogP contribution in [0.15, 0.2) is 47.1 Å². The summed E-state index contributed by atoms with van der Waals surface area (Å²) in [4.78, 5) is 16.0. The molecule has 4 heteroatoms. The third kappa shape index (κ3) is 2.91. The van der Waals surface area contributed by atoms with Crippen molar-refractivity contribution in [3.8, 4) is 0 Å². The molecule has 1 heterocycles. The van der Waals surface area contributed by atoms with E-state index in [1.807, 2.05) is 18.2 Å². The zero-order valence-electron chi connectivity index (χ0n) is 9.06. The van der Waals surface area contributed by atoms with E-state index in [1.165, 1.54) is 0 Å². The molecule has 3 nitrogen and oxygen atoms in total. The quantitative estimate of drug-likeness (QED) is 0.885. The number of rotatable bonds is 3. The van der Waals surface area contributed by atoms with Gasteiger partial charge in [-0.05, 0) is 18.2 Å². The highest BCUT2D eigenvalue weighted by atomic mass is 79.9. The van der Waals surface area contributed by atoms with Crippen molar-refractivity contribution in [2.45, 2.75) is 6.42 Å². The lowest BCUT2D eigenvalue weighted by Gasteiger charge is -2.04. The Morgan fingerprint density at radius 2 is 2.12 bits per heavy atom. The highest BCUT2D eigenvalue weighted by Gasteiger charge is 2.09. The summed E-state index contributed by atoms with van der Waals surface area (Å²) in [5.74, 6) is 0.446. The van der Waals surface area contributed by atoms with Gasteiger partial charge in [0.15, 0.2) is 5.78 Å². The van der Waals surface area contributed by atoms with Crippen molar-refractivity contribution in [2.24, 2.45) is 0 Å². The Labute approximate surface area is 108 Å². The highest BCUT2D eigenvalue weighted by molar-refractivity contribution is 9.10. The maximum atomic E-state index is 12.0. The Kier molecular flexibility index (Phi) is 3.54. The van der Waals surface area contributed by atoms with Gasteiger partial charge in [-0.25, -0.2) is 4.98 Å². The van der Waals surface area contributed by atoms with Crippen LogP contribution in [-0.2, 0) is 6.42 Å². The van der Waals surface area contributed by atoms with Gasteiger partial charge in [0.05, 0.1) is 0 Å². The normalized spacial score (nSPS) is 10.2. The molecule has 0 amide bonds. The summed E-state index contributed by atoms with van der Waals surface area (Å²) >= 11 is 3.34. The topological polar surface area (TPSA) is 56.0 Å². The van der Waals surface area contributed by atoms with Gasteiger partial charge in [0.2, 0.25) is 0 Å². The Hall–Kier alpha value is -1.68. The standard InChI is InChI=1S/C13H11BrN2O/c14-11-5-1-3-9(7-11)12(17)8-10-4-2-6-16-13(10)15/h1-7H,8H2,(H2,15,16). The number of nitrogen functional groups attached to an aromatic ring is 1. The van der Waals surface area contributed by atoms with Crippen LogP contribution in [0.3, 0.4) is 0 Å². The number of ketones is 1. The molecule has 0 saturated carbocycles. The number of hydrogen-bond acceptors (Lipinski definition) is 3. The number of anilines is 1. The van der Waals surface area contributed by atoms with Crippen LogP contribution in [0.5, 0.6) is 0 Å². The largest absolute Gasteiger partial charge is 0.383 e. The van der Waals surface area contributed by atoms with Crippen molar-refractivity contribution < 1.29 is 4.79 Å². The number of pyridine rings is 1. The van der Waals surface area contributed by atoms with Gasteiger partial charge in [0.1, 0.15) is 5.82 Å². The van der Waals surface area contributed by atoms with Crippen LogP contribution in [0, 0.1) is 0 Å². The number of carbonyl (C=O) groups excluding carboxylic acids is 1. The van der Waals surface area contributed by atoms with E-state index >= 15 is 0 Å². The molecule has 2 aromatic rings. The van der Waals surface area contributed by atoms with E-state index in [2.05, 4.69) is 20.9 Å². The molecule has 0 spiro atoms. The molecule has 0 aliphatic rings. The van der Waals surface area contributed by atoms with Gasteiger partial charge >= 0.3 is 0 Å². The van der Waals surface area contributed by atoms with Crippen LogP contribution in [-0.4, -0.2) is 10.8 Å². The number of carbonyl (C=O) groups is 1. The SMILES string of the molecule is Nc1ncccc1CC(=O)c1cccc(Br)c1.